The summed E-state index contributed by atoms with van der Waals surface area (Å²) in [4.78, 5) is 48.3. The summed E-state index contributed by atoms with van der Waals surface area (Å²) < 4.78 is 1.70. The molecule has 0 aromatic carbocycles. The smallest absolute Gasteiger partial charge is 0.258 e. The summed E-state index contributed by atoms with van der Waals surface area (Å²) in [6, 6.07) is 6.34. The fourth-order valence-electron chi connectivity index (χ4n) is 6.21. The van der Waals surface area contributed by atoms with Gasteiger partial charge >= 0.3 is 0 Å². The molecule has 2 aromatic heterocycles. The van der Waals surface area contributed by atoms with E-state index in [1.165, 1.54) is 0 Å². The lowest BCUT2D eigenvalue weighted by Crippen LogP contribution is -2.51. The second kappa shape index (κ2) is 9.54. The zero-order valence-electron chi connectivity index (χ0n) is 20.3. The topological polar surface area (TPSA) is 108 Å². The summed E-state index contributed by atoms with van der Waals surface area (Å²) >= 11 is 0. The number of rotatable bonds is 6. The van der Waals surface area contributed by atoms with Crippen molar-refractivity contribution in [3.05, 3.63) is 52.7 Å². The van der Waals surface area contributed by atoms with Crippen LogP contribution in [0.15, 0.2) is 41.5 Å². The van der Waals surface area contributed by atoms with E-state index >= 15 is 0 Å². The lowest BCUT2D eigenvalue weighted by atomic mass is 9.86. The molecule has 0 unspecified atom stereocenters. The van der Waals surface area contributed by atoms with Crippen molar-refractivity contribution in [1.29, 1.82) is 0 Å². The third kappa shape index (κ3) is 4.16. The Morgan fingerprint density at radius 3 is 2.63 bits per heavy atom. The first-order valence-electron chi connectivity index (χ1n) is 12.4. The number of aliphatic hydroxyl groups excluding tert-OH is 1. The molecule has 2 amide bonds. The summed E-state index contributed by atoms with van der Waals surface area (Å²) in [6.07, 6.45) is 7.39. The molecule has 2 N–H and O–H groups in total. The zero-order valence-corrected chi connectivity index (χ0v) is 20.3. The molecule has 0 radical (unpaired) electrons. The van der Waals surface area contributed by atoms with Gasteiger partial charge in [0, 0.05) is 54.3 Å². The maximum absolute atomic E-state index is 13.6. The third-order valence-corrected chi connectivity index (χ3v) is 7.76. The molecule has 2 aromatic rings. The normalized spacial score (nSPS) is 25.7. The van der Waals surface area contributed by atoms with Crippen LogP contribution in [0.5, 0.6) is 0 Å². The minimum absolute atomic E-state index is 0.102. The van der Waals surface area contributed by atoms with E-state index < -0.39 is 23.9 Å². The molecular formula is C26H33N5O4. The van der Waals surface area contributed by atoms with E-state index in [-0.39, 0.29) is 43.1 Å². The van der Waals surface area contributed by atoms with Crippen molar-refractivity contribution in [3.63, 3.8) is 0 Å². The van der Waals surface area contributed by atoms with Gasteiger partial charge in [0.05, 0.1) is 24.5 Å². The number of likely N-dealkylation sites (N-methyl/N-ethyl adjacent to an activating group) is 1. The van der Waals surface area contributed by atoms with Crippen LogP contribution in [-0.2, 0) is 16.1 Å². The van der Waals surface area contributed by atoms with Crippen molar-refractivity contribution in [2.45, 2.75) is 50.4 Å². The van der Waals surface area contributed by atoms with Crippen molar-refractivity contribution in [3.8, 4) is 11.1 Å². The third-order valence-electron chi connectivity index (χ3n) is 7.76. The van der Waals surface area contributed by atoms with E-state index in [4.69, 9.17) is 0 Å². The summed E-state index contributed by atoms with van der Waals surface area (Å²) in [7, 11) is 3.66. The largest absolute Gasteiger partial charge is 0.396 e. The van der Waals surface area contributed by atoms with E-state index in [1.807, 2.05) is 26.2 Å². The molecule has 35 heavy (non-hydrogen) atoms. The van der Waals surface area contributed by atoms with Gasteiger partial charge in [-0.05, 0) is 45.1 Å². The second-order valence-corrected chi connectivity index (χ2v) is 10.2. The van der Waals surface area contributed by atoms with Gasteiger partial charge in [-0.15, -0.1) is 0 Å². The fraction of sp³-hybridized carbons (Fsp3) is 0.538. The lowest BCUT2D eigenvalue weighted by molar-refractivity contribution is -0.137. The van der Waals surface area contributed by atoms with Crippen molar-refractivity contribution in [2.24, 2.45) is 11.8 Å². The second-order valence-electron chi connectivity index (χ2n) is 10.2. The highest BCUT2D eigenvalue weighted by Gasteiger charge is 2.57. The molecule has 2 bridgehead atoms. The summed E-state index contributed by atoms with van der Waals surface area (Å²) in [6.45, 7) is 0.213. The number of hydrogen-bond acceptors (Lipinski definition) is 6. The molecule has 4 atom stereocenters. The highest BCUT2D eigenvalue weighted by atomic mass is 16.3. The number of aromatic nitrogens is 2. The van der Waals surface area contributed by atoms with Gasteiger partial charge < -0.3 is 24.8 Å². The van der Waals surface area contributed by atoms with Gasteiger partial charge in [-0.3, -0.25) is 19.4 Å². The van der Waals surface area contributed by atoms with E-state index in [2.05, 4.69) is 10.3 Å². The van der Waals surface area contributed by atoms with Crippen molar-refractivity contribution in [2.75, 3.05) is 27.2 Å². The predicted octanol–water partition coefficient (Wildman–Crippen LogP) is 1.02. The Labute approximate surface area is 204 Å². The average Bonchev–Trinajstić information content (AvgIpc) is 3.43. The lowest BCUT2D eigenvalue weighted by Gasteiger charge is -2.39. The highest BCUT2D eigenvalue weighted by Crippen LogP contribution is 2.48. The average molecular weight is 480 g/mol. The van der Waals surface area contributed by atoms with Gasteiger partial charge in [-0.2, -0.15) is 0 Å². The molecule has 9 nitrogen and oxygen atoms in total. The van der Waals surface area contributed by atoms with Gasteiger partial charge in [0.25, 0.3) is 5.56 Å². The number of pyridine rings is 2. The summed E-state index contributed by atoms with van der Waals surface area (Å²) in [5, 5.41) is 13.6. The highest BCUT2D eigenvalue weighted by molar-refractivity contribution is 5.85. The maximum Gasteiger partial charge on any atom is 0.258 e. The molecule has 2 fully saturated rings. The van der Waals surface area contributed by atoms with Crippen LogP contribution >= 0.6 is 0 Å². The van der Waals surface area contributed by atoms with E-state index in [0.717, 1.165) is 31.2 Å². The monoisotopic (exact) mass is 479 g/mol. The number of aliphatic hydroxyl groups is 1. The van der Waals surface area contributed by atoms with Gasteiger partial charge in [0.1, 0.15) is 0 Å². The number of fused-ring (bicyclic) bond motifs is 4. The van der Waals surface area contributed by atoms with Gasteiger partial charge in [0.2, 0.25) is 11.8 Å². The minimum Gasteiger partial charge on any atom is -0.396 e. The Balaban J connectivity index is 1.59. The number of carbonyl (C=O) groups excluding carboxylic acids is 2. The number of nitrogens with one attached hydrogen (secondary N) is 1. The van der Waals surface area contributed by atoms with Crippen LogP contribution in [0.1, 0.15) is 37.4 Å². The van der Waals surface area contributed by atoms with Crippen LogP contribution in [0.4, 0.5) is 0 Å². The number of nitrogens with zero attached hydrogens (tertiary/aromatic N) is 4. The SMILES string of the molecule is CN(C)CC(=O)N1[C@@H]2c3ccc(-c4cccnc4)c(=O)n3C[C@H]1[C@H](CO)[C@H]2C(=O)NC1CCCC1. The fourth-order valence-corrected chi connectivity index (χ4v) is 6.21. The molecule has 186 valence electrons. The first-order chi connectivity index (χ1) is 16.9. The Hall–Kier alpha value is -3.04. The van der Waals surface area contributed by atoms with Gasteiger partial charge in [0.15, 0.2) is 0 Å². The van der Waals surface area contributed by atoms with Gasteiger partial charge in [-0.25, -0.2) is 0 Å². The number of hydrogen-bond donors (Lipinski definition) is 2. The van der Waals surface area contributed by atoms with Crippen molar-refractivity contribution < 1.29 is 14.7 Å². The number of carbonyl (C=O) groups is 2. The molecule has 9 heteroatoms. The van der Waals surface area contributed by atoms with Crippen LogP contribution in [-0.4, -0.2) is 75.6 Å². The van der Waals surface area contributed by atoms with Crippen LogP contribution < -0.4 is 10.9 Å². The van der Waals surface area contributed by atoms with E-state index in [0.29, 0.717) is 11.3 Å². The zero-order chi connectivity index (χ0) is 24.7. The standard InChI is InChI=1S/C26H33N5O4/c1-29(2)14-22(33)31-21-13-30-20(10-9-18(26(30)35)16-6-5-11-27-12-16)24(31)23(19(21)15-32)25(34)28-17-7-3-4-8-17/h5-6,9-12,17,19,21,23-24,32H,3-4,7-8,13-15H2,1-2H3,(H,28,34)/t19-,21-,23+,24+/m0/s1. The molecule has 3 aliphatic rings. The van der Waals surface area contributed by atoms with Crippen molar-refractivity contribution in [1.82, 2.24) is 24.7 Å². The first kappa shape index (κ1) is 23.7. The molecule has 2 aliphatic heterocycles. The number of amides is 2. The Bertz CT molecular complexity index is 1160. The molecular weight excluding hydrogens is 446 g/mol. The Morgan fingerprint density at radius 2 is 1.97 bits per heavy atom. The van der Waals surface area contributed by atoms with Crippen molar-refractivity contribution >= 4 is 11.8 Å². The molecule has 1 saturated carbocycles. The van der Waals surface area contributed by atoms with E-state index in [1.54, 1.807) is 38.9 Å². The van der Waals surface area contributed by atoms with Gasteiger partial charge in [-0.1, -0.05) is 18.9 Å². The maximum atomic E-state index is 13.6. The van der Waals surface area contributed by atoms with E-state index in [9.17, 15) is 19.5 Å². The predicted molar refractivity (Wildman–Crippen MR) is 130 cm³/mol. The Kier molecular flexibility index (Phi) is 6.46. The molecule has 1 saturated heterocycles. The summed E-state index contributed by atoms with van der Waals surface area (Å²) in [5.74, 6) is -1.30. The van der Waals surface area contributed by atoms with Crippen LogP contribution in [0.25, 0.3) is 11.1 Å². The molecule has 0 spiro atoms. The quantitative estimate of drug-likeness (QED) is 0.641. The van der Waals surface area contributed by atoms with Crippen LogP contribution in [0.3, 0.4) is 0 Å². The summed E-state index contributed by atoms with van der Waals surface area (Å²) in [5.41, 5.74) is 1.73. The van der Waals surface area contributed by atoms with Crippen LogP contribution in [0.2, 0.25) is 0 Å². The first-order valence-corrected chi connectivity index (χ1v) is 12.4. The Morgan fingerprint density at radius 1 is 1.20 bits per heavy atom. The molecule has 4 heterocycles. The molecule has 1 aliphatic carbocycles. The molecule has 5 rings (SSSR count). The minimum atomic E-state index is -0.617. The van der Waals surface area contributed by atoms with Crippen LogP contribution in [0, 0.1) is 11.8 Å².